The zero-order valence-corrected chi connectivity index (χ0v) is 27.8. The Kier molecular flexibility index (Phi) is 11.7. The second kappa shape index (κ2) is 15.4. The fourth-order valence-corrected chi connectivity index (χ4v) is 6.79. The summed E-state index contributed by atoms with van der Waals surface area (Å²) in [5.74, 6) is -0.903. The summed E-state index contributed by atoms with van der Waals surface area (Å²) in [4.78, 5) is 29.9. The van der Waals surface area contributed by atoms with Gasteiger partial charge in [-0.25, -0.2) is 8.42 Å². The van der Waals surface area contributed by atoms with Crippen LogP contribution in [-0.4, -0.2) is 43.8 Å². The van der Waals surface area contributed by atoms with Crippen molar-refractivity contribution in [3.05, 3.63) is 130 Å². The van der Waals surface area contributed by atoms with Crippen molar-refractivity contribution in [1.29, 1.82) is 0 Å². The summed E-state index contributed by atoms with van der Waals surface area (Å²) in [7, 11) is -4.29. The van der Waals surface area contributed by atoms with Crippen LogP contribution in [0.25, 0.3) is 0 Å². The summed E-state index contributed by atoms with van der Waals surface area (Å²) >= 11 is 12.8. The van der Waals surface area contributed by atoms with Crippen LogP contribution in [-0.2, 0) is 32.6 Å². The van der Waals surface area contributed by atoms with Gasteiger partial charge in [-0.05, 0) is 61.7 Å². The molecule has 10 heteroatoms. The standard InChI is InChI=1S/C35H37Cl2N3O4S/c1-4-26(3)38-35(42)33(21-27-13-7-5-8-14-27)39(23-28-15-11-12-25(2)20-28)34(41)24-40(32-22-29(36)18-19-31(32)37)45(43,44)30-16-9-6-10-17-30/h5-20,22,26,33H,4,21,23-24H2,1-3H3,(H,38,42)/t26-,33+/m0/s1. The molecule has 2 atom stereocenters. The third-order valence-electron chi connectivity index (χ3n) is 7.49. The maximum atomic E-state index is 14.5. The molecule has 236 valence electrons. The number of carbonyl (C=O) groups excluding carboxylic acids is 2. The normalized spacial score (nSPS) is 12.6. The topological polar surface area (TPSA) is 86.8 Å². The molecule has 0 aromatic heterocycles. The number of nitrogens with zero attached hydrogens (tertiary/aromatic N) is 2. The Morgan fingerprint density at radius 3 is 2.13 bits per heavy atom. The Morgan fingerprint density at radius 1 is 0.844 bits per heavy atom. The van der Waals surface area contributed by atoms with E-state index in [1.807, 2.05) is 75.4 Å². The summed E-state index contributed by atoms with van der Waals surface area (Å²) in [6.45, 7) is 5.27. The van der Waals surface area contributed by atoms with Gasteiger partial charge in [0.15, 0.2) is 0 Å². The smallest absolute Gasteiger partial charge is 0.264 e. The van der Waals surface area contributed by atoms with E-state index in [1.165, 1.54) is 29.2 Å². The monoisotopic (exact) mass is 665 g/mol. The summed E-state index contributed by atoms with van der Waals surface area (Å²) in [6, 6.07) is 28.3. The first kappa shape index (κ1) is 34.0. The van der Waals surface area contributed by atoms with E-state index in [0.29, 0.717) is 6.42 Å². The van der Waals surface area contributed by atoms with Crippen LogP contribution in [0.15, 0.2) is 108 Å². The van der Waals surface area contributed by atoms with Crippen molar-refractivity contribution in [3.63, 3.8) is 0 Å². The third-order valence-corrected chi connectivity index (χ3v) is 9.82. The Morgan fingerprint density at radius 2 is 1.49 bits per heavy atom. The molecule has 0 unspecified atom stereocenters. The summed E-state index contributed by atoms with van der Waals surface area (Å²) in [6.07, 6.45) is 0.927. The molecule has 2 amide bonds. The first-order valence-electron chi connectivity index (χ1n) is 14.7. The summed E-state index contributed by atoms with van der Waals surface area (Å²) in [5, 5.41) is 3.39. The van der Waals surface area contributed by atoms with E-state index in [1.54, 1.807) is 24.3 Å². The lowest BCUT2D eigenvalue weighted by atomic mass is 10.0. The maximum Gasteiger partial charge on any atom is 0.264 e. The van der Waals surface area contributed by atoms with Crippen molar-refractivity contribution in [3.8, 4) is 0 Å². The molecule has 0 spiro atoms. The van der Waals surface area contributed by atoms with Crippen LogP contribution < -0.4 is 9.62 Å². The van der Waals surface area contributed by atoms with Crippen LogP contribution in [0, 0.1) is 6.92 Å². The predicted octanol–water partition coefficient (Wildman–Crippen LogP) is 7.05. The molecular weight excluding hydrogens is 629 g/mol. The Labute approximate surface area is 275 Å². The van der Waals surface area contributed by atoms with Gasteiger partial charge in [0.25, 0.3) is 10.0 Å². The molecule has 0 aliphatic heterocycles. The van der Waals surface area contributed by atoms with Gasteiger partial charge in [-0.1, -0.05) is 108 Å². The van der Waals surface area contributed by atoms with Crippen molar-refractivity contribution >= 4 is 50.7 Å². The lowest BCUT2D eigenvalue weighted by Crippen LogP contribution is -2.54. The molecule has 4 aromatic rings. The van der Waals surface area contributed by atoms with Gasteiger partial charge < -0.3 is 10.2 Å². The fourth-order valence-electron chi connectivity index (χ4n) is 4.91. The highest BCUT2D eigenvalue weighted by molar-refractivity contribution is 7.92. The van der Waals surface area contributed by atoms with Crippen LogP contribution in [0.4, 0.5) is 5.69 Å². The Bertz CT molecular complexity index is 1720. The number of sulfonamides is 1. The predicted molar refractivity (Wildman–Crippen MR) is 181 cm³/mol. The quantitative estimate of drug-likeness (QED) is 0.166. The van der Waals surface area contributed by atoms with E-state index >= 15 is 0 Å². The van der Waals surface area contributed by atoms with Gasteiger partial charge in [-0.15, -0.1) is 0 Å². The van der Waals surface area contributed by atoms with Gasteiger partial charge in [0, 0.05) is 24.0 Å². The number of hydrogen-bond acceptors (Lipinski definition) is 4. The SMILES string of the molecule is CC[C@H](C)NC(=O)[C@@H](Cc1ccccc1)N(Cc1cccc(C)c1)C(=O)CN(c1cc(Cl)ccc1Cl)S(=O)(=O)c1ccccc1. The van der Waals surface area contributed by atoms with E-state index in [9.17, 15) is 18.0 Å². The highest BCUT2D eigenvalue weighted by atomic mass is 35.5. The molecule has 0 aliphatic rings. The maximum absolute atomic E-state index is 14.5. The minimum atomic E-state index is -4.29. The van der Waals surface area contributed by atoms with E-state index in [4.69, 9.17) is 23.2 Å². The van der Waals surface area contributed by atoms with Crippen molar-refractivity contribution in [2.75, 3.05) is 10.8 Å². The zero-order chi connectivity index (χ0) is 32.6. The average Bonchev–Trinajstić information content (AvgIpc) is 3.03. The average molecular weight is 667 g/mol. The summed E-state index contributed by atoms with van der Waals surface area (Å²) in [5.41, 5.74) is 2.70. The summed E-state index contributed by atoms with van der Waals surface area (Å²) < 4.78 is 29.2. The number of hydrogen-bond donors (Lipinski definition) is 1. The molecule has 0 radical (unpaired) electrons. The highest BCUT2D eigenvalue weighted by Gasteiger charge is 2.35. The highest BCUT2D eigenvalue weighted by Crippen LogP contribution is 2.33. The first-order chi connectivity index (χ1) is 21.5. The number of halogens is 2. The van der Waals surface area contributed by atoms with Crippen LogP contribution in [0.2, 0.25) is 10.0 Å². The molecule has 0 saturated heterocycles. The Hall–Kier alpha value is -3.85. The van der Waals surface area contributed by atoms with Gasteiger partial charge in [0.1, 0.15) is 12.6 Å². The van der Waals surface area contributed by atoms with E-state index in [2.05, 4.69) is 5.32 Å². The second-order valence-electron chi connectivity index (χ2n) is 11.0. The van der Waals surface area contributed by atoms with Crippen LogP contribution in [0.5, 0.6) is 0 Å². The van der Waals surface area contributed by atoms with Crippen molar-refractivity contribution in [2.45, 2.75) is 57.1 Å². The van der Waals surface area contributed by atoms with Gasteiger partial charge in [-0.3, -0.25) is 13.9 Å². The molecule has 7 nitrogen and oxygen atoms in total. The number of nitrogens with one attached hydrogen (secondary N) is 1. The number of anilines is 1. The number of rotatable bonds is 13. The number of amides is 2. The van der Waals surface area contributed by atoms with Gasteiger partial charge in [-0.2, -0.15) is 0 Å². The number of carbonyl (C=O) groups is 2. The van der Waals surface area contributed by atoms with Gasteiger partial charge >= 0.3 is 0 Å². The molecule has 4 rings (SSSR count). The molecular formula is C35H37Cl2N3O4S. The lowest BCUT2D eigenvalue weighted by Gasteiger charge is -2.34. The Balaban J connectivity index is 1.83. The minimum absolute atomic E-state index is 0.0191. The molecule has 0 heterocycles. The molecule has 1 N–H and O–H groups in total. The third kappa shape index (κ3) is 8.87. The van der Waals surface area contributed by atoms with E-state index in [-0.39, 0.29) is 45.5 Å². The number of aryl methyl sites for hydroxylation is 1. The van der Waals surface area contributed by atoms with Crippen molar-refractivity contribution < 1.29 is 18.0 Å². The van der Waals surface area contributed by atoms with Crippen molar-refractivity contribution in [1.82, 2.24) is 10.2 Å². The van der Waals surface area contributed by atoms with Crippen LogP contribution in [0.3, 0.4) is 0 Å². The molecule has 4 aromatic carbocycles. The van der Waals surface area contributed by atoms with Crippen molar-refractivity contribution in [2.24, 2.45) is 0 Å². The molecule has 0 fully saturated rings. The van der Waals surface area contributed by atoms with E-state index < -0.39 is 28.5 Å². The zero-order valence-electron chi connectivity index (χ0n) is 25.5. The van der Waals surface area contributed by atoms with Gasteiger partial charge in [0.05, 0.1) is 15.6 Å². The first-order valence-corrected chi connectivity index (χ1v) is 16.9. The van der Waals surface area contributed by atoms with Crippen LogP contribution >= 0.6 is 23.2 Å². The van der Waals surface area contributed by atoms with Gasteiger partial charge in [0.2, 0.25) is 11.8 Å². The second-order valence-corrected chi connectivity index (χ2v) is 13.7. The van der Waals surface area contributed by atoms with E-state index in [0.717, 1.165) is 21.0 Å². The molecule has 0 saturated carbocycles. The number of benzene rings is 4. The lowest BCUT2D eigenvalue weighted by molar-refractivity contribution is -0.140. The fraction of sp³-hybridized carbons (Fsp3) is 0.257. The molecule has 45 heavy (non-hydrogen) atoms. The van der Waals surface area contributed by atoms with Crippen LogP contribution in [0.1, 0.15) is 37.0 Å². The largest absolute Gasteiger partial charge is 0.352 e. The molecule has 0 aliphatic carbocycles. The molecule has 0 bridgehead atoms. The minimum Gasteiger partial charge on any atom is -0.352 e.